The Balaban J connectivity index is 1.83. The van der Waals surface area contributed by atoms with Crippen LogP contribution in [0.1, 0.15) is 38.3 Å². The molecule has 0 radical (unpaired) electrons. The lowest BCUT2D eigenvalue weighted by Gasteiger charge is -2.10. The molecule has 1 heterocycles. The highest BCUT2D eigenvalue weighted by atomic mass is 15.4. The Morgan fingerprint density at radius 1 is 1.60 bits per heavy atom. The van der Waals surface area contributed by atoms with Crippen molar-refractivity contribution in [3.63, 3.8) is 0 Å². The van der Waals surface area contributed by atoms with Crippen LogP contribution in [0.5, 0.6) is 0 Å². The molecule has 0 spiro atoms. The molecular weight excluding hydrogens is 188 g/mol. The van der Waals surface area contributed by atoms with Crippen molar-refractivity contribution in [3.8, 4) is 0 Å². The maximum Gasteiger partial charge on any atom is 0.0725 e. The van der Waals surface area contributed by atoms with Crippen molar-refractivity contribution in [1.29, 1.82) is 0 Å². The van der Waals surface area contributed by atoms with Crippen LogP contribution in [0.2, 0.25) is 0 Å². The van der Waals surface area contributed by atoms with Crippen LogP contribution in [-0.2, 0) is 13.0 Å². The second-order valence-electron chi connectivity index (χ2n) is 4.49. The van der Waals surface area contributed by atoms with E-state index in [1.807, 2.05) is 10.9 Å². The number of aromatic nitrogens is 3. The van der Waals surface area contributed by atoms with Gasteiger partial charge in [-0.15, -0.1) is 5.10 Å². The second-order valence-corrected chi connectivity index (χ2v) is 4.49. The Labute approximate surface area is 90.8 Å². The van der Waals surface area contributed by atoms with Gasteiger partial charge in [0, 0.05) is 12.6 Å². The molecule has 0 aliphatic heterocycles. The number of nitrogens with zero attached hydrogens (tertiary/aromatic N) is 3. The zero-order valence-electron chi connectivity index (χ0n) is 9.39. The van der Waals surface area contributed by atoms with E-state index < -0.39 is 0 Å². The lowest BCUT2D eigenvalue weighted by atomic mass is 10.1. The van der Waals surface area contributed by atoms with E-state index in [1.165, 1.54) is 18.5 Å². The minimum absolute atomic E-state index is 0.384. The van der Waals surface area contributed by atoms with Crippen molar-refractivity contribution in [2.75, 3.05) is 0 Å². The quantitative estimate of drug-likeness (QED) is 0.768. The average molecular weight is 208 g/mol. The maximum absolute atomic E-state index is 6.07. The van der Waals surface area contributed by atoms with E-state index >= 15 is 0 Å². The van der Waals surface area contributed by atoms with Crippen molar-refractivity contribution >= 4 is 0 Å². The van der Waals surface area contributed by atoms with Gasteiger partial charge < -0.3 is 5.73 Å². The van der Waals surface area contributed by atoms with Gasteiger partial charge in [0.25, 0.3) is 0 Å². The van der Waals surface area contributed by atoms with E-state index in [-0.39, 0.29) is 0 Å². The highest BCUT2D eigenvalue weighted by Gasteiger charge is 2.28. The molecule has 4 heteroatoms. The standard InChI is InChI=1S/C11H20N4/c1-2-7-15-10(8-13-14-15)5-6-11(12)9-3-4-9/h8-9,11H,2-7,12H2,1H3. The lowest BCUT2D eigenvalue weighted by Crippen LogP contribution is -2.23. The first-order valence-electron chi connectivity index (χ1n) is 5.94. The summed E-state index contributed by atoms with van der Waals surface area (Å²) in [5, 5.41) is 8.02. The molecule has 1 aliphatic rings. The minimum Gasteiger partial charge on any atom is -0.327 e. The number of rotatable bonds is 6. The van der Waals surface area contributed by atoms with Crippen molar-refractivity contribution in [2.45, 2.75) is 51.6 Å². The normalized spacial score (nSPS) is 18.0. The van der Waals surface area contributed by atoms with E-state index in [2.05, 4.69) is 17.2 Å². The largest absolute Gasteiger partial charge is 0.327 e. The Bertz CT molecular complexity index is 303. The third kappa shape index (κ3) is 2.78. The molecule has 2 rings (SSSR count). The van der Waals surface area contributed by atoms with Crippen molar-refractivity contribution in [3.05, 3.63) is 11.9 Å². The van der Waals surface area contributed by atoms with Crippen molar-refractivity contribution < 1.29 is 0 Å². The molecule has 1 aromatic heterocycles. The Hall–Kier alpha value is -0.900. The molecule has 84 valence electrons. The summed E-state index contributed by atoms with van der Waals surface area (Å²) in [6.45, 7) is 3.12. The predicted octanol–water partition coefficient (Wildman–Crippen LogP) is 1.36. The summed E-state index contributed by atoms with van der Waals surface area (Å²) in [7, 11) is 0. The van der Waals surface area contributed by atoms with E-state index in [4.69, 9.17) is 5.73 Å². The van der Waals surface area contributed by atoms with Gasteiger partial charge in [-0.2, -0.15) is 0 Å². The molecule has 0 saturated heterocycles. The van der Waals surface area contributed by atoms with Crippen LogP contribution in [0.4, 0.5) is 0 Å². The second kappa shape index (κ2) is 4.75. The number of aryl methyl sites for hydroxylation is 2. The third-order valence-electron chi connectivity index (χ3n) is 3.09. The van der Waals surface area contributed by atoms with Crippen LogP contribution in [0.3, 0.4) is 0 Å². The fourth-order valence-electron chi connectivity index (χ4n) is 1.95. The minimum atomic E-state index is 0.384. The van der Waals surface area contributed by atoms with E-state index in [0.29, 0.717) is 6.04 Å². The smallest absolute Gasteiger partial charge is 0.0725 e. The van der Waals surface area contributed by atoms with Crippen LogP contribution < -0.4 is 5.73 Å². The number of hydrogen-bond acceptors (Lipinski definition) is 3. The molecule has 0 bridgehead atoms. The Morgan fingerprint density at radius 3 is 3.07 bits per heavy atom. The van der Waals surface area contributed by atoms with Crippen molar-refractivity contribution in [2.24, 2.45) is 11.7 Å². The summed E-state index contributed by atoms with van der Waals surface area (Å²) in [4.78, 5) is 0. The van der Waals surface area contributed by atoms with Gasteiger partial charge in [-0.25, -0.2) is 4.68 Å². The van der Waals surface area contributed by atoms with E-state index in [9.17, 15) is 0 Å². The van der Waals surface area contributed by atoms with E-state index in [1.54, 1.807) is 0 Å². The fourth-order valence-corrected chi connectivity index (χ4v) is 1.95. The molecule has 4 nitrogen and oxygen atoms in total. The molecule has 0 aromatic carbocycles. The molecule has 1 aliphatic carbocycles. The summed E-state index contributed by atoms with van der Waals surface area (Å²) in [6.07, 6.45) is 7.72. The van der Waals surface area contributed by atoms with Crippen LogP contribution >= 0.6 is 0 Å². The van der Waals surface area contributed by atoms with Crippen LogP contribution in [-0.4, -0.2) is 21.0 Å². The molecule has 1 atom stereocenters. The zero-order valence-corrected chi connectivity index (χ0v) is 9.39. The van der Waals surface area contributed by atoms with Gasteiger partial charge >= 0.3 is 0 Å². The first-order chi connectivity index (χ1) is 7.31. The molecule has 1 unspecified atom stereocenters. The predicted molar refractivity (Wildman–Crippen MR) is 59.3 cm³/mol. The summed E-state index contributed by atoms with van der Waals surface area (Å²) < 4.78 is 2.00. The van der Waals surface area contributed by atoms with Gasteiger partial charge in [-0.05, 0) is 38.0 Å². The van der Waals surface area contributed by atoms with Crippen LogP contribution in [0.15, 0.2) is 6.20 Å². The molecular formula is C11H20N4. The average Bonchev–Trinajstić information content (AvgIpc) is 2.99. The highest BCUT2D eigenvalue weighted by molar-refractivity contribution is 4.96. The monoisotopic (exact) mass is 208 g/mol. The fraction of sp³-hybridized carbons (Fsp3) is 0.818. The van der Waals surface area contributed by atoms with Crippen LogP contribution in [0, 0.1) is 5.92 Å². The third-order valence-corrected chi connectivity index (χ3v) is 3.09. The van der Waals surface area contributed by atoms with Gasteiger partial charge in [0.05, 0.1) is 11.9 Å². The first-order valence-corrected chi connectivity index (χ1v) is 5.94. The maximum atomic E-state index is 6.07. The molecule has 2 N–H and O–H groups in total. The molecule has 15 heavy (non-hydrogen) atoms. The van der Waals surface area contributed by atoms with Gasteiger partial charge in [-0.3, -0.25) is 0 Å². The molecule has 1 saturated carbocycles. The summed E-state index contributed by atoms with van der Waals surface area (Å²) in [6, 6.07) is 0.384. The van der Waals surface area contributed by atoms with E-state index in [0.717, 1.165) is 31.7 Å². The van der Waals surface area contributed by atoms with Gasteiger partial charge in [-0.1, -0.05) is 12.1 Å². The first kappa shape index (κ1) is 10.6. The molecule has 1 fully saturated rings. The topological polar surface area (TPSA) is 56.7 Å². The van der Waals surface area contributed by atoms with Gasteiger partial charge in [0.1, 0.15) is 0 Å². The summed E-state index contributed by atoms with van der Waals surface area (Å²) >= 11 is 0. The lowest BCUT2D eigenvalue weighted by molar-refractivity contribution is 0.512. The van der Waals surface area contributed by atoms with Crippen molar-refractivity contribution in [1.82, 2.24) is 15.0 Å². The molecule has 0 amide bonds. The SMILES string of the molecule is CCCn1nncc1CCC(N)C1CC1. The Kier molecular flexibility index (Phi) is 3.36. The van der Waals surface area contributed by atoms with Crippen LogP contribution in [0.25, 0.3) is 0 Å². The summed E-state index contributed by atoms with van der Waals surface area (Å²) in [5.74, 6) is 0.792. The van der Waals surface area contributed by atoms with Gasteiger partial charge in [0.2, 0.25) is 0 Å². The highest BCUT2D eigenvalue weighted by Crippen LogP contribution is 2.33. The zero-order chi connectivity index (χ0) is 10.7. The number of nitrogens with two attached hydrogens (primary N) is 1. The number of hydrogen-bond donors (Lipinski definition) is 1. The van der Waals surface area contributed by atoms with Gasteiger partial charge in [0.15, 0.2) is 0 Å². The Morgan fingerprint density at radius 2 is 2.40 bits per heavy atom. The molecule has 1 aromatic rings. The summed E-state index contributed by atoms with van der Waals surface area (Å²) in [5.41, 5.74) is 7.30.